The van der Waals surface area contributed by atoms with Gasteiger partial charge in [-0.15, -0.1) is 0 Å². The molecule has 0 bridgehead atoms. The smallest absolute Gasteiger partial charge is 0.308 e. The maximum atomic E-state index is 12.3. The molecule has 6 nitrogen and oxygen atoms in total. The predicted molar refractivity (Wildman–Crippen MR) is 111 cm³/mol. The average molecular weight is 394 g/mol. The molecule has 1 fully saturated rings. The van der Waals surface area contributed by atoms with Crippen molar-refractivity contribution in [2.75, 3.05) is 5.32 Å². The lowest BCUT2D eigenvalue weighted by Crippen LogP contribution is -2.25. The monoisotopic (exact) mass is 394 g/mol. The van der Waals surface area contributed by atoms with E-state index in [1.807, 2.05) is 24.3 Å². The van der Waals surface area contributed by atoms with Crippen molar-refractivity contribution in [2.24, 2.45) is 5.92 Å². The minimum atomic E-state index is -0.432. The van der Waals surface area contributed by atoms with Crippen LogP contribution in [0, 0.1) is 5.92 Å². The molecule has 0 atom stereocenters. The minimum Gasteiger partial charge on any atom is -0.427 e. The molecule has 6 heteroatoms. The zero-order chi connectivity index (χ0) is 20.6. The van der Waals surface area contributed by atoms with E-state index in [0.717, 1.165) is 36.9 Å². The number of rotatable bonds is 6. The number of carbonyl (C=O) groups is 3. The SMILES string of the molecule is CC(=O)Oc1cccc(C(=O)NCc2ccc(NC(=O)C3CCCCC3)cc2)c1. The Balaban J connectivity index is 1.51. The van der Waals surface area contributed by atoms with E-state index in [1.54, 1.807) is 18.2 Å². The van der Waals surface area contributed by atoms with Gasteiger partial charge in [-0.05, 0) is 48.7 Å². The maximum Gasteiger partial charge on any atom is 0.308 e. The third kappa shape index (κ3) is 6.17. The Hall–Kier alpha value is -3.15. The molecule has 1 aliphatic carbocycles. The van der Waals surface area contributed by atoms with Crippen LogP contribution in [0.15, 0.2) is 48.5 Å². The Morgan fingerprint density at radius 3 is 2.41 bits per heavy atom. The van der Waals surface area contributed by atoms with Gasteiger partial charge in [0.25, 0.3) is 5.91 Å². The molecule has 29 heavy (non-hydrogen) atoms. The first-order valence-electron chi connectivity index (χ1n) is 9.98. The minimum absolute atomic E-state index is 0.0958. The fourth-order valence-corrected chi connectivity index (χ4v) is 3.47. The van der Waals surface area contributed by atoms with Gasteiger partial charge < -0.3 is 15.4 Å². The molecule has 0 heterocycles. The second-order valence-corrected chi connectivity index (χ2v) is 7.33. The van der Waals surface area contributed by atoms with E-state index in [4.69, 9.17) is 4.74 Å². The van der Waals surface area contributed by atoms with Crippen LogP contribution in [-0.2, 0) is 16.1 Å². The van der Waals surface area contributed by atoms with Crippen molar-refractivity contribution in [1.82, 2.24) is 5.32 Å². The highest BCUT2D eigenvalue weighted by molar-refractivity contribution is 5.94. The van der Waals surface area contributed by atoms with Crippen molar-refractivity contribution in [3.8, 4) is 5.75 Å². The number of hydrogen-bond donors (Lipinski definition) is 2. The number of amides is 2. The summed E-state index contributed by atoms with van der Waals surface area (Å²) in [6.45, 7) is 1.67. The second kappa shape index (κ2) is 9.87. The van der Waals surface area contributed by atoms with Gasteiger partial charge in [-0.3, -0.25) is 14.4 Å². The van der Waals surface area contributed by atoms with Crippen molar-refractivity contribution < 1.29 is 19.1 Å². The van der Waals surface area contributed by atoms with Crippen LogP contribution in [0.4, 0.5) is 5.69 Å². The molecule has 3 rings (SSSR count). The molecular formula is C23H26N2O4. The first-order valence-corrected chi connectivity index (χ1v) is 9.98. The molecule has 2 amide bonds. The summed E-state index contributed by atoms with van der Waals surface area (Å²) in [5.41, 5.74) is 2.11. The Morgan fingerprint density at radius 2 is 1.72 bits per heavy atom. The standard InChI is InChI=1S/C23H26N2O4/c1-16(26)29-21-9-5-8-19(14-21)22(27)24-15-17-10-12-20(13-11-17)25-23(28)18-6-3-2-4-7-18/h5,8-14,18H,2-4,6-7,15H2,1H3,(H,24,27)(H,25,28). The van der Waals surface area contributed by atoms with E-state index in [-0.39, 0.29) is 17.7 Å². The first kappa shape index (κ1) is 20.6. The summed E-state index contributed by atoms with van der Waals surface area (Å²) in [7, 11) is 0. The molecule has 1 aliphatic rings. The number of carbonyl (C=O) groups excluding carboxylic acids is 3. The normalized spacial score (nSPS) is 14.1. The number of ether oxygens (including phenoxy) is 1. The van der Waals surface area contributed by atoms with Crippen molar-refractivity contribution in [3.05, 3.63) is 59.7 Å². The number of benzene rings is 2. The van der Waals surface area contributed by atoms with Crippen LogP contribution in [0.3, 0.4) is 0 Å². The Bertz CT molecular complexity index is 871. The van der Waals surface area contributed by atoms with Gasteiger partial charge >= 0.3 is 5.97 Å². The van der Waals surface area contributed by atoms with Crippen LogP contribution >= 0.6 is 0 Å². The summed E-state index contributed by atoms with van der Waals surface area (Å²) >= 11 is 0. The summed E-state index contributed by atoms with van der Waals surface area (Å²) < 4.78 is 5.00. The Labute approximate surface area is 170 Å². The molecule has 0 radical (unpaired) electrons. The third-order valence-electron chi connectivity index (χ3n) is 5.01. The summed E-state index contributed by atoms with van der Waals surface area (Å²) in [5, 5.41) is 5.82. The lowest BCUT2D eigenvalue weighted by Gasteiger charge is -2.20. The van der Waals surface area contributed by atoms with Gasteiger partial charge in [-0.2, -0.15) is 0 Å². The molecule has 0 aliphatic heterocycles. The van der Waals surface area contributed by atoms with E-state index < -0.39 is 5.97 Å². The quantitative estimate of drug-likeness (QED) is 0.572. The van der Waals surface area contributed by atoms with Crippen LogP contribution in [0.5, 0.6) is 5.75 Å². The third-order valence-corrected chi connectivity index (χ3v) is 5.01. The van der Waals surface area contributed by atoms with Gasteiger partial charge in [0.15, 0.2) is 0 Å². The molecule has 152 valence electrons. The van der Waals surface area contributed by atoms with E-state index in [0.29, 0.717) is 17.9 Å². The van der Waals surface area contributed by atoms with E-state index >= 15 is 0 Å². The highest BCUT2D eigenvalue weighted by Crippen LogP contribution is 2.25. The lowest BCUT2D eigenvalue weighted by molar-refractivity contribution is -0.131. The Kier molecular flexibility index (Phi) is 7.00. The Morgan fingerprint density at radius 1 is 1.00 bits per heavy atom. The molecule has 2 aromatic rings. The molecule has 0 spiro atoms. The molecular weight excluding hydrogens is 368 g/mol. The zero-order valence-corrected chi connectivity index (χ0v) is 16.6. The van der Waals surface area contributed by atoms with Crippen LogP contribution < -0.4 is 15.4 Å². The van der Waals surface area contributed by atoms with E-state index in [9.17, 15) is 14.4 Å². The summed E-state index contributed by atoms with van der Waals surface area (Å²) in [6, 6.07) is 13.9. The zero-order valence-electron chi connectivity index (χ0n) is 16.6. The number of anilines is 1. The topological polar surface area (TPSA) is 84.5 Å². The molecule has 0 unspecified atom stereocenters. The van der Waals surface area contributed by atoms with Crippen molar-refractivity contribution in [2.45, 2.75) is 45.6 Å². The van der Waals surface area contributed by atoms with Gasteiger partial charge in [0, 0.05) is 30.6 Å². The molecule has 1 saturated carbocycles. The largest absolute Gasteiger partial charge is 0.427 e. The fourth-order valence-electron chi connectivity index (χ4n) is 3.47. The predicted octanol–water partition coefficient (Wildman–Crippen LogP) is 4.06. The van der Waals surface area contributed by atoms with E-state index in [2.05, 4.69) is 10.6 Å². The average Bonchev–Trinajstić information content (AvgIpc) is 2.73. The van der Waals surface area contributed by atoms with E-state index in [1.165, 1.54) is 19.4 Å². The number of esters is 1. The van der Waals surface area contributed by atoms with Crippen LogP contribution in [0.25, 0.3) is 0 Å². The van der Waals surface area contributed by atoms with Gasteiger partial charge in [0.05, 0.1) is 0 Å². The molecule has 0 aromatic heterocycles. The van der Waals surface area contributed by atoms with Crippen LogP contribution in [0.1, 0.15) is 54.9 Å². The number of nitrogens with one attached hydrogen (secondary N) is 2. The number of hydrogen-bond acceptors (Lipinski definition) is 4. The summed E-state index contributed by atoms with van der Waals surface area (Å²) in [5.74, 6) is -0.140. The van der Waals surface area contributed by atoms with Gasteiger partial charge in [-0.1, -0.05) is 37.5 Å². The van der Waals surface area contributed by atoms with Crippen molar-refractivity contribution in [1.29, 1.82) is 0 Å². The van der Waals surface area contributed by atoms with Crippen molar-refractivity contribution >= 4 is 23.5 Å². The maximum absolute atomic E-state index is 12.3. The highest BCUT2D eigenvalue weighted by Gasteiger charge is 2.20. The second-order valence-electron chi connectivity index (χ2n) is 7.33. The van der Waals surface area contributed by atoms with Gasteiger partial charge in [-0.25, -0.2) is 0 Å². The van der Waals surface area contributed by atoms with Crippen LogP contribution in [-0.4, -0.2) is 17.8 Å². The fraction of sp³-hybridized carbons (Fsp3) is 0.348. The van der Waals surface area contributed by atoms with Gasteiger partial charge in [0.2, 0.25) is 5.91 Å². The molecule has 2 aromatic carbocycles. The highest BCUT2D eigenvalue weighted by atomic mass is 16.5. The molecule has 0 saturated heterocycles. The van der Waals surface area contributed by atoms with Gasteiger partial charge in [0.1, 0.15) is 5.75 Å². The molecule has 2 N–H and O–H groups in total. The summed E-state index contributed by atoms with van der Waals surface area (Å²) in [4.78, 5) is 35.7. The first-order chi connectivity index (χ1) is 14.0. The van der Waals surface area contributed by atoms with Crippen molar-refractivity contribution in [3.63, 3.8) is 0 Å². The van der Waals surface area contributed by atoms with Crippen LogP contribution in [0.2, 0.25) is 0 Å². The summed E-state index contributed by atoms with van der Waals surface area (Å²) in [6.07, 6.45) is 5.41. The lowest BCUT2D eigenvalue weighted by atomic mass is 9.88.